The minimum absolute atomic E-state index is 0.312. The lowest BCUT2D eigenvalue weighted by atomic mass is 10.1. The van der Waals surface area contributed by atoms with Crippen molar-refractivity contribution in [2.24, 2.45) is 5.73 Å². The molecule has 18 heavy (non-hydrogen) atoms. The standard InChI is InChI=1S/C14H15BrN2S/c15-12-5-6-18-14(12)13(7-16)17-8-10-3-1-2-4-11(10)9-17/h1-6,13H,7-9,16H2. The van der Waals surface area contributed by atoms with Crippen molar-refractivity contribution in [2.45, 2.75) is 19.1 Å². The number of rotatable bonds is 3. The monoisotopic (exact) mass is 322 g/mol. The molecule has 0 saturated carbocycles. The Kier molecular flexibility index (Phi) is 3.52. The molecule has 2 heterocycles. The molecule has 0 saturated heterocycles. The van der Waals surface area contributed by atoms with Crippen molar-refractivity contribution in [1.82, 2.24) is 4.90 Å². The normalized spacial score (nSPS) is 16.8. The molecule has 2 nitrogen and oxygen atoms in total. The van der Waals surface area contributed by atoms with Gasteiger partial charge in [-0.1, -0.05) is 24.3 Å². The smallest absolute Gasteiger partial charge is 0.0582 e. The Bertz CT molecular complexity index is 527. The number of halogens is 1. The third-order valence-corrected chi connectivity index (χ3v) is 5.45. The van der Waals surface area contributed by atoms with E-state index in [9.17, 15) is 0 Å². The average molecular weight is 323 g/mol. The van der Waals surface area contributed by atoms with Gasteiger partial charge in [0.25, 0.3) is 0 Å². The van der Waals surface area contributed by atoms with E-state index in [1.54, 1.807) is 11.3 Å². The summed E-state index contributed by atoms with van der Waals surface area (Å²) in [6.45, 7) is 2.66. The van der Waals surface area contributed by atoms with Crippen LogP contribution in [-0.2, 0) is 13.1 Å². The summed E-state index contributed by atoms with van der Waals surface area (Å²) in [7, 11) is 0. The van der Waals surface area contributed by atoms with Crippen LogP contribution in [0.25, 0.3) is 0 Å². The van der Waals surface area contributed by atoms with Gasteiger partial charge in [0, 0.05) is 29.0 Å². The molecule has 1 aliphatic heterocycles. The highest BCUT2D eigenvalue weighted by Crippen LogP contribution is 2.36. The number of thiophene rings is 1. The highest BCUT2D eigenvalue weighted by atomic mass is 79.9. The number of hydrogen-bond acceptors (Lipinski definition) is 3. The van der Waals surface area contributed by atoms with E-state index in [1.807, 2.05) is 0 Å². The zero-order chi connectivity index (χ0) is 12.5. The fourth-order valence-electron chi connectivity index (χ4n) is 2.55. The molecule has 0 spiro atoms. The molecule has 1 atom stereocenters. The molecule has 3 rings (SSSR count). The topological polar surface area (TPSA) is 29.3 Å². The summed E-state index contributed by atoms with van der Waals surface area (Å²) in [6, 6.07) is 11.1. The van der Waals surface area contributed by atoms with E-state index in [0.29, 0.717) is 12.6 Å². The minimum Gasteiger partial charge on any atom is -0.329 e. The molecule has 94 valence electrons. The van der Waals surface area contributed by atoms with Gasteiger partial charge >= 0.3 is 0 Å². The second-order valence-corrected chi connectivity index (χ2v) is 6.36. The summed E-state index contributed by atoms with van der Waals surface area (Å²) in [4.78, 5) is 3.80. The zero-order valence-corrected chi connectivity index (χ0v) is 12.4. The van der Waals surface area contributed by atoms with Crippen LogP contribution in [0, 0.1) is 0 Å². The Labute approximate surface area is 120 Å². The van der Waals surface area contributed by atoms with E-state index < -0.39 is 0 Å². The maximum Gasteiger partial charge on any atom is 0.0582 e. The number of benzene rings is 1. The third-order valence-electron chi connectivity index (χ3n) is 3.48. The molecule has 1 aromatic carbocycles. The van der Waals surface area contributed by atoms with Crippen LogP contribution in [-0.4, -0.2) is 11.4 Å². The fourth-order valence-corrected chi connectivity index (χ4v) is 4.33. The van der Waals surface area contributed by atoms with Gasteiger partial charge in [0.2, 0.25) is 0 Å². The third kappa shape index (κ3) is 2.14. The molecular formula is C14H15BrN2S. The predicted molar refractivity (Wildman–Crippen MR) is 79.5 cm³/mol. The second-order valence-electron chi connectivity index (χ2n) is 4.56. The molecule has 4 heteroatoms. The summed E-state index contributed by atoms with van der Waals surface area (Å²) in [5.74, 6) is 0. The first-order valence-corrected chi connectivity index (χ1v) is 7.70. The van der Waals surface area contributed by atoms with Crippen molar-refractivity contribution in [3.63, 3.8) is 0 Å². The lowest BCUT2D eigenvalue weighted by molar-refractivity contribution is 0.208. The van der Waals surface area contributed by atoms with Crippen LogP contribution in [0.5, 0.6) is 0 Å². The molecule has 1 aliphatic rings. The van der Waals surface area contributed by atoms with Gasteiger partial charge in [-0.25, -0.2) is 0 Å². The maximum absolute atomic E-state index is 5.99. The van der Waals surface area contributed by atoms with Crippen LogP contribution in [0.4, 0.5) is 0 Å². The molecular weight excluding hydrogens is 308 g/mol. The summed E-state index contributed by atoms with van der Waals surface area (Å²) in [6.07, 6.45) is 0. The van der Waals surface area contributed by atoms with E-state index in [1.165, 1.54) is 20.5 Å². The first kappa shape index (κ1) is 12.4. The van der Waals surface area contributed by atoms with E-state index in [-0.39, 0.29) is 0 Å². The SMILES string of the molecule is NCC(c1sccc1Br)N1Cc2ccccc2C1. The Balaban J connectivity index is 1.86. The number of nitrogens with zero attached hydrogens (tertiary/aromatic N) is 1. The highest BCUT2D eigenvalue weighted by Gasteiger charge is 2.27. The van der Waals surface area contributed by atoms with Crippen LogP contribution in [0.2, 0.25) is 0 Å². The van der Waals surface area contributed by atoms with Crippen molar-refractivity contribution in [1.29, 1.82) is 0 Å². The van der Waals surface area contributed by atoms with Gasteiger partial charge in [-0.15, -0.1) is 11.3 Å². The van der Waals surface area contributed by atoms with Gasteiger partial charge in [-0.05, 0) is 38.5 Å². The van der Waals surface area contributed by atoms with E-state index in [2.05, 4.69) is 56.5 Å². The zero-order valence-electron chi connectivity index (χ0n) is 9.97. The Morgan fingerprint density at radius 1 is 1.22 bits per heavy atom. The fraction of sp³-hybridized carbons (Fsp3) is 0.286. The molecule has 0 fully saturated rings. The van der Waals surface area contributed by atoms with Gasteiger partial charge in [-0.2, -0.15) is 0 Å². The first-order chi connectivity index (χ1) is 8.79. The lowest BCUT2D eigenvalue weighted by Crippen LogP contribution is -2.29. The molecule has 2 N–H and O–H groups in total. The molecule has 1 aromatic heterocycles. The Morgan fingerprint density at radius 3 is 2.39 bits per heavy atom. The van der Waals surface area contributed by atoms with Gasteiger partial charge in [0.1, 0.15) is 0 Å². The predicted octanol–water partition coefficient (Wildman–Crippen LogP) is 3.53. The summed E-state index contributed by atoms with van der Waals surface area (Å²) in [5, 5.41) is 2.12. The quantitative estimate of drug-likeness (QED) is 0.936. The largest absolute Gasteiger partial charge is 0.329 e. The van der Waals surface area contributed by atoms with E-state index in [4.69, 9.17) is 5.73 Å². The van der Waals surface area contributed by atoms with Crippen LogP contribution in [0.1, 0.15) is 22.0 Å². The van der Waals surface area contributed by atoms with Crippen LogP contribution < -0.4 is 5.73 Å². The van der Waals surface area contributed by atoms with Crippen molar-refractivity contribution in [3.05, 3.63) is 56.2 Å². The van der Waals surface area contributed by atoms with Crippen molar-refractivity contribution < 1.29 is 0 Å². The highest BCUT2D eigenvalue weighted by molar-refractivity contribution is 9.10. The Hall–Kier alpha value is -0.680. The van der Waals surface area contributed by atoms with Crippen LogP contribution in [0.15, 0.2) is 40.2 Å². The minimum atomic E-state index is 0.312. The number of hydrogen-bond donors (Lipinski definition) is 1. The lowest BCUT2D eigenvalue weighted by Gasteiger charge is -2.25. The molecule has 2 aromatic rings. The molecule has 0 amide bonds. The molecule has 0 bridgehead atoms. The van der Waals surface area contributed by atoms with Gasteiger partial charge in [-0.3, -0.25) is 4.90 Å². The maximum atomic E-state index is 5.99. The second kappa shape index (κ2) is 5.13. The summed E-state index contributed by atoms with van der Waals surface area (Å²) >= 11 is 5.40. The number of nitrogens with two attached hydrogens (primary N) is 1. The van der Waals surface area contributed by atoms with Gasteiger partial charge < -0.3 is 5.73 Å². The van der Waals surface area contributed by atoms with Gasteiger partial charge in [0.05, 0.1) is 6.04 Å². The van der Waals surface area contributed by atoms with Crippen molar-refractivity contribution in [3.8, 4) is 0 Å². The summed E-state index contributed by atoms with van der Waals surface area (Å²) < 4.78 is 1.18. The molecule has 1 unspecified atom stereocenters. The van der Waals surface area contributed by atoms with Crippen LogP contribution in [0.3, 0.4) is 0 Å². The Morgan fingerprint density at radius 2 is 1.89 bits per heavy atom. The van der Waals surface area contributed by atoms with Crippen LogP contribution >= 0.6 is 27.3 Å². The van der Waals surface area contributed by atoms with E-state index in [0.717, 1.165) is 13.1 Å². The number of fused-ring (bicyclic) bond motifs is 1. The van der Waals surface area contributed by atoms with Crippen molar-refractivity contribution >= 4 is 27.3 Å². The summed E-state index contributed by atoms with van der Waals surface area (Å²) in [5.41, 5.74) is 8.86. The van der Waals surface area contributed by atoms with Crippen molar-refractivity contribution in [2.75, 3.05) is 6.54 Å². The first-order valence-electron chi connectivity index (χ1n) is 6.03. The van der Waals surface area contributed by atoms with E-state index >= 15 is 0 Å². The average Bonchev–Trinajstić information content (AvgIpc) is 2.97. The molecule has 0 radical (unpaired) electrons. The molecule has 0 aliphatic carbocycles. The van der Waals surface area contributed by atoms with Gasteiger partial charge in [0.15, 0.2) is 0 Å².